The summed E-state index contributed by atoms with van der Waals surface area (Å²) in [6, 6.07) is 16.2. The molecule has 3 aromatic rings. The summed E-state index contributed by atoms with van der Waals surface area (Å²) in [5.41, 5.74) is 4.15. The second-order valence-corrected chi connectivity index (χ2v) is 6.73. The summed E-state index contributed by atoms with van der Waals surface area (Å²) in [5, 5.41) is 10.3. The number of nitriles is 1. The molecule has 1 aliphatic rings. The maximum atomic E-state index is 9.08. The number of aromatic nitrogens is 2. The van der Waals surface area contributed by atoms with Gasteiger partial charge in [-0.2, -0.15) is 5.26 Å². The number of rotatable bonds is 4. The first-order chi connectivity index (χ1) is 11.6. The van der Waals surface area contributed by atoms with Crippen molar-refractivity contribution in [3.63, 3.8) is 0 Å². The number of methoxy groups -OCH3 is 1. The van der Waals surface area contributed by atoms with Gasteiger partial charge in [0.15, 0.2) is 0 Å². The fraction of sp³-hybridized carbons (Fsp3) is 0.300. The van der Waals surface area contributed by atoms with E-state index in [0.717, 1.165) is 11.4 Å². The van der Waals surface area contributed by atoms with Crippen LogP contribution in [-0.4, -0.2) is 16.7 Å². The van der Waals surface area contributed by atoms with Gasteiger partial charge in [-0.1, -0.05) is 13.0 Å². The van der Waals surface area contributed by atoms with Crippen molar-refractivity contribution in [2.75, 3.05) is 7.11 Å². The molecule has 4 nitrogen and oxygen atoms in total. The van der Waals surface area contributed by atoms with Gasteiger partial charge in [0.1, 0.15) is 17.5 Å². The first-order valence-corrected chi connectivity index (χ1v) is 8.17. The van der Waals surface area contributed by atoms with Crippen LogP contribution in [0.1, 0.15) is 36.8 Å². The van der Waals surface area contributed by atoms with Gasteiger partial charge in [-0.05, 0) is 49.2 Å². The smallest absolute Gasteiger partial charge is 0.140 e. The van der Waals surface area contributed by atoms with Crippen molar-refractivity contribution in [2.24, 2.45) is 0 Å². The summed E-state index contributed by atoms with van der Waals surface area (Å²) >= 11 is 0. The van der Waals surface area contributed by atoms with Crippen molar-refractivity contribution in [3.8, 4) is 11.8 Å². The van der Waals surface area contributed by atoms with Gasteiger partial charge in [-0.25, -0.2) is 4.98 Å². The largest absolute Gasteiger partial charge is 0.497 e. The Morgan fingerprint density at radius 2 is 2.08 bits per heavy atom. The van der Waals surface area contributed by atoms with Crippen LogP contribution < -0.4 is 4.74 Å². The van der Waals surface area contributed by atoms with Crippen LogP contribution in [0, 0.1) is 11.3 Å². The van der Waals surface area contributed by atoms with E-state index < -0.39 is 0 Å². The lowest BCUT2D eigenvalue weighted by Crippen LogP contribution is -2.12. The summed E-state index contributed by atoms with van der Waals surface area (Å²) in [5.74, 6) is 0.872. The Morgan fingerprint density at radius 1 is 1.25 bits per heavy atom. The third kappa shape index (κ3) is 2.43. The molecule has 0 unspecified atom stereocenters. The van der Waals surface area contributed by atoms with Gasteiger partial charge in [0.05, 0.1) is 19.3 Å². The van der Waals surface area contributed by atoms with Crippen LogP contribution in [0.3, 0.4) is 0 Å². The molecule has 4 rings (SSSR count). The third-order valence-electron chi connectivity index (χ3n) is 4.97. The summed E-state index contributed by atoms with van der Waals surface area (Å²) in [7, 11) is 1.69. The molecule has 0 atom stereocenters. The lowest BCUT2D eigenvalue weighted by molar-refractivity contribution is 0.415. The molecule has 0 amide bonds. The molecule has 24 heavy (non-hydrogen) atoms. The predicted molar refractivity (Wildman–Crippen MR) is 93.1 cm³/mol. The summed E-state index contributed by atoms with van der Waals surface area (Å²) in [6.07, 6.45) is 2.43. The number of hydrogen-bond donors (Lipinski definition) is 0. The minimum atomic E-state index is 0.249. The molecule has 1 aliphatic carbocycles. The lowest BCUT2D eigenvalue weighted by Gasteiger charge is -2.15. The average molecular weight is 317 g/mol. The Labute approximate surface area is 141 Å². The van der Waals surface area contributed by atoms with Crippen molar-refractivity contribution in [1.29, 1.82) is 5.26 Å². The molecule has 0 radical (unpaired) electrons. The highest BCUT2D eigenvalue weighted by Gasteiger charge is 2.41. The van der Waals surface area contributed by atoms with Crippen molar-refractivity contribution in [3.05, 3.63) is 59.5 Å². The zero-order chi connectivity index (χ0) is 16.7. The van der Waals surface area contributed by atoms with Gasteiger partial charge in [0, 0.05) is 22.0 Å². The van der Waals surface area contributed by atoms with Gasteiger partial charge >= 0.3 is 0 Å². The van der Waals surface area contributed by atoms with E-state index in [1.165, 1.54) is 29.4 Å². The second kappa shape index (κ2) is 5.38. The van der Waals surface area contributed by atoms with Crippen LogP contribution in [0.25, 0.3) is 10.9 Å². The highest BCUT2D eigenvalue weighted by Crippen LogP contribution is 2.49. The van der Waals surface area contributed by atoms with E-state index in [-0.39, 0.29) is 5.41 Å². The molecule has 1 fully saturated rings. The first kappa shape index (κ1) is 14.8. The molecule has 0 aliphatic heterocycles. The van der Waals surface area contributed by atoms with E-state index in [9.17, 15) is 0 Å². The van der Waals surface area contributed by atoms with Gasteiger partial charge < -0.3 is 9.30 Å². The van der Waals surface area contributed by atoms with Crippen LogP contribution >= 0.6 is 0 Å². The number of benzene rings is 1. The van der Waals surface area contributed by atoms with Gasteiger partial charge in [0.25, 0.3) is 0 Å². The van der Waals surface area contributed by atoms with E-state index in [4.69, 9.17) is 10.00 Å². The number of hydrogen-bond acceptors (Lipinski definition) is 3. The predicted octanol–water partition coefficient (Wildman–Crippen LogP) is 4.02. The van der Waals surface area contributed by atoms with Crippen molar-refractivity contribution in [2.45, 2.75) is 31.7 Å². The SMILES string of the molecule is COc1ccc2c(c1)cc(C1(C)CC1)n2Cc1cccc(C#N)n1. The lowest BCUT2D eigenvalue weighted by atomic mass is 10.1. The van der Waals surface area contributed by atoms with Crippen LogP contribution in [0.2, 0.25) is 0 Å². The standard InChI is InChI=1S/C20H19N3O/c1-20(8-9-20)19-11-14-10-17(24-2)6-7-18(14)23(19)13-16-5-3-4-15(12-21)22-16/h3-7,10-11H,8-9,13H2,1-2H3. The molecule has 0 saturated heterocycles. The quantitative estimate of drug-likeness (QED) is 0.730. The molecule has 120 valence electrons. The Hall–Kier alpha value is -2.80. The Balaban J connectivity index is 1.84. The Morgan fingerprint density at radius 3 is 2.79 bits per heavy atom. The molecular weight excluding hydrogens is 298 g/mol. The van der Waals surface area contributed by atoms with E-state index in [2.05, 4.69) is 40.7 Å². The van der Waals surface area contributed by atoms with Crippen LogP contribution in [0.5, 0.6) is 5.75 Å². The molecular formula is C20H19N3O. The van der Waals surface area contributed by atoms with Crippen LogP contribution in [0.15, 0.2) is 42.5 Å². The zero-order valence-electron chi connectivity index (χ0n) is 13.9. The molecule has 0 bridgehead atoms. The van der Waals surface area contributed by atoms with E-state index >= 15 is 0 Å². The van der Waals surface area contributed by atoms with Gasteiger partial charge in [-0.15, -0.1) is 0 Å². The second-order valence-electron chi connectivity index (χ2n) is 6.73. The summed E-state index contributed by atoms with van der Waals surface area (Å²) in [4.78, 5) is 4.44. The molecule has 4 heteroatoms. The molecule has 0 spiro atoms. The normalized spacial score (nSPS) is 15.2. The van der Waals surface area contributed by atoms with Crippen molar-refractivity contribution < 1.29 is 4.74 Å². The maximum Gasteiger partial charge on any atom is 0.140 e. The van der Waals surface area contributed by atoms with Gasteiger partial charge in [0.2, 0.25) is 0 Å². The first-order valence-electron chi connectivity index (χ1n) is 8.17. The molecule has 2 aromatic heterocycles. The highest BCUT2D eigenvalue weighted by molar-refractivity contribution is 5.83. The maximum absolute atomic E-state index is 9.08. The Bertz CT molecular complexity index is 961. The average Bonchev–Trinajstić information content (AvgIpc) is 3.26. The molecule has 2 heterocycles. The topological polar surface area (TPSA) is 50.8 Å². The monoisotopic (exact) mass is 317 g/mol. The Kier molecular flexibility index (Phi) is 3.31. The molecule has 1 aromatic carbocycles. The summed E-state index contributed by atoms with van der Waals surface area (Å²) in [6.45, 7) is 2.99. The van der Waals surface area contributed by atoms with E-state index in [0.29, 0.717) is 12.2 Å². The number of ether oxygens (including phenoxy) is 1. The van der Waals surface area contributed by atoms with Crippen molar-refractivity contribution >= 4 is 10.9 Å². The molecule has 0 N–H and O–H groups in total. The number of nitrogens with zero attached hydrogens (tertiary/aromatic N) is 3. The third-order valence-corrected chi connectivity index (χ3v) is 4.97. The zero-order valence-corrected chi connectivity index (χ0v) is 13.9. The summed E-state index contributed by atoms with van der Waals surface area (Å²) < 4.78 is 7.70. The van der Waals surface area contributed by atoms with E-state index in [1.807, 2.05) is 18.2 Å². The van der Waals surface area contributed by atoms with Gasteiger partial charge in [-0.3, -0.25) is 0 Å². The van der Waals surface area contributed by atoms with E-state index in [1.54, 1.807) is 13.2 Å². The molecule has 1 saturated carbocycles. The number of pyridine rings is 1. The fourth-order valence-corrected chi connectivity index (χ4v) is 3.28. The minimum Gasteiger partial charge on any atom is -0.497 e. The minimum absolute atomic E-state index is 0.249. The van der Waals surface area contributed by atoms with Crippen LogP contribution in [-0.2, 0) is 12.0 Å². The van der Waals surface area contributed by atoms with Crippen LogP contribution in [0.4, 0.5) is 0 Å². The van der Waals surface area contributed by atoms with Crippen molar-refractivity contribution in [1.82, 2.24) is 9.55 Å². The number of fused-ring (bicyclic) bond motifs is 1. The highest BCUT2D eigenvalue weighted by atomic mass is 16.5. The fourth-order valence-electron chi connectivity index (χ4n) is 3.28.